The van der Waals surface area contributed by atoms with E-state index in [9.17, 15) is 9.18 Å². The zero-order valence-corrected chi connectivity index (χ0v) is 19.3. The number of carbonyl (C=O) groups excluding carboxylic acids is 1. The third kappa shape index (κ3) is 5.05. The summed E-state index contributed by atoms with van der Waals surface area (Å²) in [4.78, 5) is 24.0. The Balaban J connectivity index is 1.38. The van der Waals surface area contributed by atoms with Crippen LogP contribution in [0.15, 0.2) is 91.5 Å². The van der Waals surface area contributed by atoms with Gasteiger partial charge < -0.3 is 4.57 Å². The van der Waals surface area contributed by atoms with Crippen molar-refractivity contribution in [2.75, 3.05) is 11.4 Å². The van der Waals surface area contributed by atoms with Gasteiger partial charge in [-0.25, -0.2) is 14.4 Å². The maximum atomic E-state index is 13.7. The summed E-state index contributed by atoms with van der Waals surface area (Å²) in [5, 5.41) is 0.574. The molecule has 0 aliphatic heterocycles. The lowest BCUT2D eigenvalue weighted by Crippen LogP contribution is -2.32. The van der Waals surface area contributed by atoms with Crippen LogP contribution in [-0.4, -0.2) is 27.0 Å². The maximum Gasteiger partial charge on any atom is 0.260 e. The first kappa shape index (κ1) is 22.0. The molecule has 0 saturated carbocycles. The van der Waals surface area contributed by atoms with E-state index in [2.05, 4.69) is 22.1 Å². The van der Waals surface area contributed by atoms with Crippen LogP contribution in [0.25, 0.3) is 10.2 Å². The van der Waals surface area contributed by atoms with E-state index in [0.29, 0.717) is 22.8 Å². The van der Waals surface area contributed by atoms with Gasteiger partial charge in [0, 0.05) is 31.0 Å². The molecule has 5 rings (SSSR count). The van der Waals surface area contributed by atoms with Gasteiger partial charge in [-0.1, -0.05) is 53.8 Å². The second-order valence-electron chi connectivity index (χ2n) is 8.08. The van der Waals surface area contributed by atoms with Crippen molar-refractivity contribution >= 4 is 32.6 Å². The number of aryl methyl sites for hydroxylation is 1. The molecule has 2 heterocycles. The van der Waals surface area contributed by atoms with Crippen LogP contribution >= 0.6 is 11.3 Å². The molecule has 0 fully saturated rings. The first-order valence-electron chi connectivity index (χ1n) is 11.1. The summed E-state index contributed by atoms with van der Waals surface area (Å²) < 4.78 is 16.4. The summed E-state index contributed by atoms with van der Waals surface area (Å²) in [7, 11) is 0. The molecule has 5 nitrogen and oxygen atoms in total. The lowest BCUT2D eigenvalue weighted by molar-refractivity contribution is 0.0986. The van der Waals surface area contributed by atoms with E-state index < -0.39 is 0 Å². The number of aromatic nitrogens is 3. The summed E-state index contributed by atoms with van der Waals surface area (Å²) in [5.41, 5.74) is 3.66. The van der Waals surface area contributed by atoms with E-state index in [4.69, 9.17) is 0 Å². The fourth-order valence-electron chi connectivity index (χ4n) is 3.87. The van der Waals surface area contributed by atoms with Gasteiger partial charge in [0.25, 0.3) is 5.91 Å². The Labute approximate surface area is 201 Å². The highest BCUT2D eigenvalue weighted by Crippen LogP contribution is 2.30. The highest BCUT2D eigenvalue weighted by molar-refractivity contribution is 7.22. The third-order valence-electron chi connectivity index (χ3n) is 5.62. The predicted molar refractivity (Wildman–Crippen MR) is 134 cm³/mol. The van der Waals surface area contributed by atoms with Crippen LogP contribution in [0.1, 0.15) is 27.9 Å². The van der Waals surface area contributed by atoms with E-state index in [0.717, 1.165) is 29.6 Å². The molecule has 170 valence electrons. The molecule has 0 bridgehead atoms. The van der Waals surface area contributed by atoms with E-state index in [-0.39, 0.29) is 11.7 Å². The molecule has 2 aromatic heterocycles. The van der Waals surface area contributed by atoms with Crippen molar-refractivity contribution in [1.29, 1.82) is 0 Å². The summed E-state index contributed by atoms with van der Waals surface area (Å²) >= 11 is 1.33. The minimum absolute atomic E-state index is 0.114. The zero-order chi connectivity index (χ0) is 23.3. The molecule has 0 aliphatic carbocycles. The molecule has 0 unspecified atom stereocenters. The van der Waals surface area contributed by atoms with Gasteiger partial charge >= 0.3 is 0 Å². The standard InChI is InChI=1S/C27H23FN4OS/c28-23-11-12-24-25(18-23)34-27(30-24)32(15-4-14-31-16-13-29-19-31)26(33)22-9-7-21(8-10-22)17-20-5-2-1-3-6-20/h1-3,5-13,16,18-19H,4,14-15,17H2. The van der Waals surface area contributed by atoms with Crippen LogP contribution in [0.2, 0.25) is 0 Å². The second kappa shape index (κ2) is 9.97. The van der Waals surface area contributed by atoms with Crippen molar-refractivity contribution < 1.29 is 9.18 Å². The van der Waals surface area contributed by atoms with E-state index in [1.54, 1.807) is 23.5 Å². The molecule has 5 aromatic rings. The largest absolute Gasteiger partial charge is 0.337 e. The zero-order valence-electron chi connectivity index (χ0n) is 18.5. The molecule has 0 N–H and O–H groups in total. The smallest absolute Gasteiger partial charge is 0.260 e. The van der Waals surface area contributed by atoms with E-state index in [1.807, 2.05) is 53.2 Å². The molecule has 34 heavy (non-hydrogen) atoms. The molecule has 1 amide bonds. The highest BCUT2D eigenvalue weighted by Gasteiger charge is 2.21. The topological polar surface area (TPSA) is 51.0 Å². The van der Waals surface area contributed by atoms with Crippen LogP contribution in [0, 0.1) is 5.82 Å². The molecule has 3 aromatic carbocycles. The van der Waals surface area contributed by atoms with Crippen molar-refractivity contribution in [2.24, 2.45) is 0 Å². The maximum absolute atomic E-state index is 13.7. The predicted octanol–water partition coefficient (Wildman–Crippen LogP) is 5.96. The molecule has 0 saturated heterocycles. The van der Waals surface area contributed by atoms with Crippen LogP contribution < -0.4 is 4.90 Å². The summed E-state index contributed by atoms with van der Waals surface area (Å²) in [6.45, 7) is 1.23. The summed E-state index contributed by atoms with van der Waals surface area (Å²) in [6.07, 6.45) is 6.95. The number of thiazole rings is 1. The number of nitrogens with zero attached hydrogens (tertiary/aromatic N) is 4. The van der Waals surface area contributed by atoms with Gasteiger partial charge in [-0.3, -0.25) is 9.69 Å². The van der Waals surface area contributed by atoms with Gasteiger partial charge in [0.05, 0.1) is 16.5 Å². The average molecular weight is 471 g/mol. The van der Waals surface area contributed by atoms with Crippen molar-refractivity contribution in [3.05, 3.63) is 114 Å². The third-order valence-corrected chi connectivity index (χ3v) is 6.67. The molecular weight excluding hydrogens is 447 g/mol. The fraction of sp³-hybridized carbons (Fsp3) is 0.148. The molecule has 0 atom stereocenters. The Kier molecular flexibility index (Phi) is 6.44. The number of halogens is 1. The first-order chi connectivity index (χ1) is 16.7. The minimum Gasteiger partial charge on any atom is -0.337 e. The summed E-state index contributed by atoms with van der Waals surface area (Å²) in [6, 6.07) is 22.5. The first-order valence-corrected chi connectivity index (χ1v) is 11.9. The Bertz CT molecular complexity index is 1380. The van der Waals surface area contributed by atoms with Crippen LogP contribution in [0.3, 0.4) is 0 Å². The van der Waals surface area contributed by atoms with Gasteiger partial charge in [0.15, 0.2) is 5.13 Å². The lowest BCUT2D eigenvalue weighted by Gasteiger charge is -2.20. The van der Waals surface area contributed by atoms with Crippen molar-refractivity contribution in [3.8, 4) is 0 Å². The number of anilines is 1. The van der Waals surface area contributed by atoms with Gasteiger partial charge in [-0.15, -0.1) is 0 Å². The monoisotopic (exact) mass is 470 g/mol. The summed E-state index contributed by atoms with van der Waals surface area (Å²) in [5.74, 6) is -0.425. The number of rotatable bonds is 8. The number of carbonyl (C=O) groups is 1. The number of fused-ring (bicyclic) bond motifs is 1. The van der Waals surface area contributed by atoms with Crippen molar-refractivity contribution in [2.45, 2.75) is 19.4 Å². The quantitative estimate of drug-likeness (QED) is 0.281. The average Bonchev–Trinajstić information content (AvgIpc) is 3.52. The minimum atomic E-state index is -0.310. The Morgan fingerprint density at radius 1 is 1.00 bits per heavy atom. The number of hydrogen-bond donors (Lipinski definition) is 0. The van der Waals surface area contributed by atoms with Crippen molar-refractivity contribution in [3.63, 3.8) is 0 Å². The lowest BCUT2D eigenvalue weighted by atomic mass is 10.0. The van der Waals surface area contributed by atoms with E-state index >= 15 is 0 Å². The van der Waals surface area contributed by atoms with Crippen LogP contribution in [0.5, 0.6) is 0 Å². The number of imidazole rings is 1. The molecular formula is C27H23FN4OS. The SMILES string of the molecule is O=C(c1ccc(Cc2ccccc2)cc1)N(CCCn1ccnc1)c1nc2ccc(F)cc2s1. The molecule has 7 heteroatoms. The normalized spacial score (nSPS) is 11.1. The number of hydrogen-bond acceptors (Lipinski definition) is 4. The van der Waals surface area contributed by atoms with Crippen LogP contribution in [0.4, 0.5) is 9.52 Å². The van der Waals surface area contributed by atoms with E-state index in [1.165, 1.54) is 29.0 Å². The molecule has 0 spiro atoms. The van der Waals surface area contributed by atoms with Gasteiger partial charge in [0.2, 0.25) is 0 Å². The number of amides is 1. The van der Waals surface area contributed by atoms with Crippen molar-refractivity contribution in [1.82, 2.24) is 14.5 Å². The molecule has 0 aliphatic rings. The van der Waals surface area contributed by atoms with Gasteiger partial charge in [-0.05, 0) is 54.3 Å². The Morgan fingerprint density at radius 3 is 2.56 bits per heavy atom. The number of benzene rings is 3. The van der Waals surface area contributed by atoms with Crippen LogP contribution in [-0.2, 0) is 13.0 Å². The molecule has 0 radical (unpaired) electrons. The second-order valence-corrected chi connectivity index (χ2v) is 9.09. The van der Waals surface area contributed by atoms with Gasteiger partial charge in [0.1, 0.15) is 5.82 Å². The fourth-order valence-corrected chi connectivity index (χ4v) is 4.88. The van der Waals surface area contributed by atoms with Gasteiger partial charge in [-0.2, -0.15) is 0 Å². The Hall–Kier alpha value is -3.84. The highest BCUT2D eigenvalue weighted by atomic mass is 32.1. The Morgan fingerprint density at radius 2 is 1.79 bits per heavy atom.